The summed E-state index contributed by atoms with van der Waals surface area (Å²) >= 11 is 1.63. The monoisotopic (exact) mass is 206 g/mol. The van der Waals surface area contributed by atoms with Crippen molar-refractivity contribution in [3.8, 4) is 0 Å². The Bertz CT molecular complexity index is 198. The zero-order chi connectivity index (χ0) is 9.90. The lowest BCUT2D eigenvalue weighted by Crippen LogP contribution is -2.45. The quantitative estimate of drug-likeness (QED) is 0.647. The van der Waals surface area contributed by atoms with Crippen molar-refractivity contribution < 1.29 is 13.9 Å². The number of hydrogen-bond donors (Lipinski definition) is 0. The zero-order valence-corrected chi connectivity index (χ0v) is 8.82. The molecule has 0 saturated carbocycles. The summed E-state index contributed by atoms with van der Waals surface area (Å²) in [5.41, 5.74) is -0.877. The molecule has 1 aliphatic rings. The van der Waals surface area contributed by atoms with Gasteiger partial charge in [-0.1, -0.05) is 6.92 Å². The fourth-order valence-corrected chi connectivity index (χ4v) is 3.05. The standard InChI is InChI=1S/C9H15FO2S/c1-3-9(8(11)12-2)6-13-5-4-7(9)10/h7H,3-6H2,1-2H3. The van der Waals surface area contributed by atoms with Crippen molar-refractivity contribution in [2.75, 3.05) is 18.6 Å². The molecule has 1 heterocycles. The Kier molecular flexibility index (Phi) is 3.59. The van der Waals surface area contributed by atoms with Crippen LogP contribution in [0.4, 0.5) is 4.39 Å². The second kappa shape index (κ2) is 4.31. The Morgan fingerprint density at radius 1 is 1.77 bits per heavy atom. The summed E-state index contributed by atoms with van der Waals surface area (Å²) in [5, 5.41) is 0. The Hall–Kier alpha value is -0.250. The van der Waals surface area contributed by atoms with E-state index in [4.69, 9.17) is 0 Å². The number of carbonyl (C=O) groups is 1. The minimum atomic E-state index is -1.04. The largest absolute Gasteiger partial charge is 0.468 e. The highest BCUT2D eigenvalue weighted by molar-refractivity contribution is 7.99. The van der Waals surface area contributed by atoms with Crippen molar-refractivity contribution in [1.29, 1.82) is 0 Å². The van der Waals surface area contributed by atoms with E-state index in [2.05, 4.69) is 4.74 Å². The minimum Gasteiger partial charge on any atom is -0.468 e. The number of methoxy groups -OCH3 is 1. The molecule has 0 radical (unpaired) electrons. The summed E-state index contributed by atoms with van der Waals surface area (Å²) in [5.74, 6) is 0.965. The second-order valence-electron chi connectivity index (χ2n) is 3.31. The molecule has 1 rings (SSSR count). The maximum atomic E-state index is 13.6. The highest BCUT2D eigenvalue weighted by Crippen LogP contribution is 2.40. The highest BCUT2D eigenvalue weighted by Gasteiger charge is 2.47. The van der Waals surface area contributed by atoms with Crippen molar-refractivity contribution >= 4 is 17.7 Å². The van der Waals surface area contributed by atoms with E-state index in [9.17, 15) is 9.18 Å². The first kappa shape index (κ1) is 10.8. The molecule has 4 heteroatoms. The summed E-state index contributed by atoms with van der Waals surface area (Å²) in [4.78, 5) is 11.5. The highest BCUT2D eigenvalue weighted by atomic mass is 32.2. The van der Waals surface area contributed by atoms with Crippen LogP contribution in [0, 0.1) is 5.41 Å². The summed E-state index contributed by atoms with van der Waals surface area (Å²) in [7, 11) is 1.33. The first-order chi connectivity index (χ1) is 6.17. The van der Waals surface area contributed by atoms with Crippen LogP contribution in [0.2, 0.25) is 0 Å². The Labute approximate surface area is 82.2 Å². The number of esters is 1. The Morgan fingerprint density at radius 3 is 2.92 bits per heavy atom. The van der Waals surface area contributed by atoms with E-state index in [1.165, 1.54) is 7.11 Å². The van der Waals surface area contributed by atoms with Crippen LogP contribution in [0.3, 0.4) is 0 Å². The van der Waals surface area contributed by atoms with Crippen molar-refractivity contribution in [1.82, 2.24) is 0 Å². The van der Waals surface area contributed by atoms with Gasteiger partial charge in [0, 0.05) is 5.75 Å². The van der Waals surface area contributed by atoms with E-state index in [0.29, 0.717) is 18.6 Å². The number of alkyl halides is 1. The van der Waals surface area contributed by atoms with Gasteiger partial charge in [0.25, 0.3) is 0 Å². The number of halogens is 1. The topological polar surface area (TPSA) is 26.3 Å². The lowest BCUT2D eigenvalue weighted by atomic mass is 9.80. The van der Waals surface area contributed by atoms with Crippen LogP contribution in [0.15, 0.2) is 0 Å². The molecular formula is C9H15FO2S. The van der Waals surface area contributed by atoms with Gasteiger partial charge in [0.05, 0.1) is 7.11 Å². The van der Waals surface area contributed by atoms with Crippen LogP contribution in [-0.2, 0) is 9.53 Å². The lowest BCUT2D eigenvalue weighted by molar-refractivity contribution is -0.156. The lowest BCUT2D eigenvalue weighted by Gasteiger charge is -2.36. The van der Waals surface area contributed by atoms with Crippen molar-refractivity contribution in [3.05, 3.63) is 0 Å². The van der Waals surface area contributed by atoms with E-state index >= 15 is 0 Å². The van der Waals surface area contributed by atoms with Gasteiger partial charge < -0.3 is 4.74 Å². The van der Waals surface area contributed by atoms with E-state index < -0.39 is 17.6 Å². The molecule has 0 aromatic carbocycles. The molecule has 1 aliphatic heterocycles. The van der Waals surface area contributed by atoms with Gasteiger partial charge in [-0.2, -0.15) is 11.8 Å². The number of ether oxygens (including phenoxy) is 1. The second-order valence-corrected chi connectivity index (χ2v) is 4.42. The summed E-state index contributed by atoms with van der Waals surface area (Å²) in [6.07, 6.45) is -0.0484. The molecule has 13 heavy (non-hydrogen) atoms. The van der Waals surface area contributed by atoms with Gasteiger partial charge in [-0.15, -0.1) is 0 Å². The molecule has 0 amide bonds. The molecular weight excluding hydrogens is 191 g/mol. The Morgan fingerprint density at radius 2 is 2.46 bits per heavy atom. The van der Waals surface area contributed by atoms with E-state index in [1.54, 1.807) is 11.8 Å². The van der Waals surface area contributed by atoms with Gasteiger partial charge in [0.1, 0.15) is 11.6 Å². The van der Waals surface area contributed by atoms with Gasteiger partial charge in [-0.05, 0) is 18.6 Å². The van der Waals surface area contributed by atoms with Crippen LogP contribution < -0.4 is 0 Å². The minimum absolute atomic E-state index is 0.394. The molecule has 0 aliphatic carbocycles. The first-order valence-electron chi connectivity index (χ1n) is 4.47. The van der Waals surface area contributed by atoms with Crippen molar-refractivity contribution in [3.63, 3.8) is 0 Å². The van der Waals surface area contributed by atoms with Crippen LogP contribution in [0.1, 0.15) is 19.8 Å². The molecule has 1 saturated heterocycles. The summed E-state index contributed by atoms with van der Waals surface area (Å²) in [6.45, 7) is 1.84. The number of rotatable bonds is 2. The molecule has 0 spiro atoms. The average molecular weight is 206 g/mol. The Balaban J connectivity index is 2.82. The van der Waals surface area contributed by atoms with Crippen molar-refractivity contribution in [2.24, 2.45) is 5.41 Å². The molecule has 2 atom stereocenters. The molecule has 2 unspecified atom stereocenters. The fraction of sp³-hybridized carbons (Fsp3) is 0.889. The molecule has 1 fully saturated rings. The zero-order valence-electron chi connectivity index (χ0n) is 8.01. The third-order valence-electron chi connectivity index (χ3n) is 2.70. The summed E-state index contributed by atoms with van der Waals surface area (Å²) in [6, 6.07) is 0. The van der Waals surface area contributed by atoms with E-state index in [0.717, 1.165) is 5.75 Å². The van der Waals surface area contributed by atoms with Gasteiger partial charge in [0.2, 0.25) is 0 Å². The number of hydrogen-bond acceptors (Lipinski definition) is 3. The first-order valence-corrected chi connectivity index (χ1v) is 5.63. The van der Waals surface area contributed by atoms with Crippen LogP contribution in [0.25, 0.3) is 0 Å². The molecule has 0 N–H and O–H groups in total. The number of thioether (sulfide) groups is 1. The number of carbonyl (C=O) groups excluding carboxylic acids is 1. The van der Waals surface area contributed by atoms with E-state index in [-0.39, 0.29) is 0 Å². The predicted molar refractivity (Wildman–Crippen MR) is 51.6 cm³/mol. The SMILES string of the molecule is CCC1(C(=O)OC)CSCCC1F. The average Bonchev–Trinajstić information content (AvgIpc) is 2.18. The van der Waals surface area contributed by atoms with Gasteiger partial charge in [-0.25, -0.2) is 4.39 Å². The fourth-order valence-electron chi connectivity index (χ4n) is 1.67. The predicted octanol–water partition coefficient (Wildman–Crippen LogP) is 2.03. The third kappa shape index (κ3) is 1.82. The molecule has 0 aromatic heterocycles. The van der Waals surface area contributed by atoms with Gasteiger partial charge >= 0.3 is 5.97 Å². The maximum absolute atomic E-state index is 13.6. The summed E-state index contributed by atoms with van der Waals surface area (Å²) < 4.78 is 18.3. The molecule has 2 nitrogen and oxygen atoms in total. The van der Waals surface area contributed by atoms with Crippen LogP contribution >= 0.6 is 11.8 Å². The van der Waals surface area contributed by atoms with Crippen molar-refractivity contribution in [2.45, 2.75) is 25.9 Å². The molecule has 76 valence electrons. The van der Waals surface area contributed by atoms with Crippen LogP contribution in [-0.4, -0.2) is 30.8 Å². The smallest absolute Gasteiger partial charge is 0.315 e. The van der Waals surface area contributed by atoms with Gasteiger partial charge in [-0.3, -0.25) is 4.79 Å². The van der Waals surface area contributed by atoms with Crippen LogP contribution in [0.5, 0.6) is 0 Å². The molecule has 0 bridgehead atoms. The normalized spacial score (nSPS) is 34.2. The third-order valence-corrected chi connectivity index (χ3v) is 3.94. The van der Waals surface area contributed by atoms with Gasteiger partial charge in [0.15, 0.2) is 0 Å². The maximum Gasteiger partial charge on any atom is 0.315 e. The molecule has 0 aromatic rings. The van der Waals surface area contributed by atoms with E-state index in [1.807, 2.05) is 6.92 Å².